The van der Waals surface area contributed by atoms with Crippen molar-refractivity contribution in [2.45, 2.75) is 99.9 Å². The van der Waals surface area contributed by atoms with Crippen LogP contribution < -0.4 is 17.2 Å². The van der Waals surface area contributed by atoms with Crippen LogP contribution in [-0.4, -0.2) is 69.9 Å². The molecule has 0 heterocycles. The molecule has 1 fully saturated rings. The topological polar surface area (TPSA) is 194 Å². The number of guanidine groups is 1. The molecule has 0 aromatic heterocycles. The molecule has 2 rings (SSSR count). The molecular weight excluding hydrogens is 539 g/mol. The molecule has 1 aliphatic carbocycles. The van der Waals surface area contributed by atoms with Gasteiger partial charge in [0.1, 0.15) is 11.9 Å². The lowest BCUT2D eigenvalue weighted by Gasteiger charge is -2.24. The first-order chi connectivity index (χ1) is 19.1. The second-order valence-electron chi connectivity index (χ2n) is 10.5. The van der Waals surface area contributed by atoms with Crippen molar-refractivity contribution in [2.75, 3.05) is 12.3 Å². The summed E-state index contributed by atoms with van der Waals surface area (Å²) < 4.78 is 18.6. The summed E-state index contributed by atoms with van der Waals surface area (Å²) in [5.41, 5.74) is 16.2. The lowest BCUT2D eigenvalue weighted by molar-refractivity contribution is -0.160. The molecule has 0 spiro atoms. The van der Waals surface area contributed by atoms with Crippen molar-refractivity contribution in [1.82, 2.24) is 0 Å². The number of thioether (sulfide) groups is 1. The van der Waals surface area contributed by atoms with E-state index in [4.69, 9.17) is 21.9 Å². The molecule has 0 radical (unpaired) electrons. The van der Waals surface area contributed by atoms with Gasteiger partial charge in [-0.25, -0.2) is 9.18 Å². The van der Waals surface area contributed by atoms with Crippen molar-refractivity contribution in [3.63, 3.8) is 0 Å². The molecule has 0 aliphatic heterocycles. The van der Waals surface area contributed by atoms with Crippen molar-refractivity contribution in [3.05, 3.63) is 30.1 Å². The average molecular weight is 585 g/mol. The highest BCUT2D eigenvalue weighted by Crippen LogP contribution is 2.39. The van der Waals surface area contributed by atoms with Crippen LogP contribution in [0.15, 0.2) is 34.2 Å². The zero-order valence-corrected chi connectivity index (χ0v) is 23.8. The predicted molar refractivity (Wildman–Crippen MR) is 153 cm³/mol. The Morgan fingerprint density at radius 2 is 1.70 bits per heavy atom. The summed E-state index contributed by atoms with van der Waals surface area (Å²) in [6, 6.07) is 5.53. The second-order valence-corrected chi connectivity index (χ2v) is 11.5. The van der Waals surface area contributed by atoms with E-state index in [1.165, 1.54) is 17.8 Å². The number of carbonyl (C=O) groups excluding carboxylic acids is 2. The molecule has 10 nitrogen and oxygen atoms in total. The van der Waals surface area contributed by atoms with Crippen molar-refractivity contribution >= 4 is 29.7 Å². The van der Waals surface area contributed by atoms with Crippen LogP contribution in [0.25, 0.3) is 0 Å². The van der Waals surface area contributed by atoms with Gasteiger partial charge in [-0.2, -0.15) is 0 Å². The van der Waals surface area contributed by atoms with Crippen LogP contribution in [0.5, 0.6) is 0 Å². The van der Waals surface area contributed by atoms with Gasteiger partial charge in [-0.3, -0.25) is 9.79 Å². The molecule has 226 valence electrons. The van der Waals surface area contributed by atoms with E-state index < -0.39 is 36.3 Å². The van der Waals surface area contributed by atoms with E-state index in [1.54, 1.807) is 18.2 Å². The monoisotopic (exact) mass is 584 g/mol. The number of hydrogen-bond donors (Lipinski definition) is 6. The van der Waals surface area contributed by atoms with Gasteiger partial charge in [0, 0.05) is 23.6 Å². The standard InChI is InChI=1S/C28H45FN4O6S/c29-21-9-5-6-11-25(21)40-17-18(34)13-14-20-19(23(35)16-24(20)36)8-3-1-2-4-12-26(37)39-27(38)22(30)10-7-15-33-28(31)32/h5-6,9,11,18-20,22-24,34-36H,1-4,7-8,10,12-17,30H2,(H4,31,32,33)/t18-,19-,20-,22?,23+,24-/m1/s1. The van der Waals surface area contributed by atoms with Crippen LogP contribution in [0.3, 0.4) is 0 Å². The van der Waals surface area contributed by atoms with Crippen LogP contribution in [0.2, 0.25) is 0 Å². The maximum atomic E-state index is 13.8. The Balaban J connectivity index is 1.61. The van der Waals surface area contributed by atoms with Crippen molar-refractivity contribution in [2.24, 2.45) is 34.0 Å². The molecule has 1 unspecified atom stereocenters. The minimum atomic E-state index is -0.911. The molecule has 0 amide bonds. The summed E-state index contributed by atoms with van der Waals surface area (Å²) in [7, 11) is 0. The molecule has 40 heavy (non-hydrogen) atoms. The number of aliphatic hydroxyl groups excluding tert-OH is 3. The summed E-state index contributed by atoms with van der Waals surface area (Å²) in [6.45, 7) is 0.340. The quantitative estimate of drug-likeness (QED) is 0.0372. The number of benzene rings is 1. The third kappa shape index (κ3) is 12.5. The van der Waals surface area contributed by atoms with Crippen LogP contribution in [0.4, 0.5) is 4.39 Å². The smallest absolute Gasteiger partial charge is 0.330 e. The van der Waals surface area contributed by atoms with Gasteiger partial charge in [-0.15, -0.1) is 11.8 Å². The third-order valence-electron chi connectivity index (χ3n) is 7.28. The number of esters is 2. The maximum Gasteiger partial charge on any atom is 0.330 e. The number of nitrogens with zero attached hydrogens (tertiary/aromatic N) is 1. The summed E-state index contributed by atoms with van der Waals surface area (Å²) in [5, 5.41) is 31.4. The Kier molecular flexibility index (Phi) is 15.5. The van der Waals surface area contributed by atoms with Gasteiger partial charge in [0.15, 0.2) is 5.96 Å². The van der Waals surface area contributed by atoms with E-state index >= 15 is 0 Å². The second kappa shape index (κ2) is 18.2. The number of rotatable bonds is 18. The number of carbonyl (C=O) groups is 2. The number of aliphatic imine (C=N–C) groups is 1. The van der Waals surface area contributed by atoms with Gasteiger partial charge >= 0.3 is 11.9 Å². The fourth-order valence-corrected chi connectivity index (χ4v) is 5.99. The Morgan fingerprint density at radius 3 is 2.40 bits per heavy atom. The van der Waals surface area contributed by atoms with E-state index in [-0.39, 0.29) is 30.0 Å². The molecule has 1 aromatic rings. The zero-order chi connectivity index (χ0) is 29.5. The molecule has 1 saturated carbocycles. The molecule has 12 heteroatoms. The van der Waals surface area contributed by atoms with E-state index in [0.29, 0.717) is 55.7 Å². The highest BCUT2D eigenvalue weighted by molar-refractivity contribution is 7.99. The minimum Gasteiger partial charge on any atom is -0.393 e. The summed E-state index contributed by atoms with van der Waals surface area (Å²) >= 11 is 1.27. The van der Waals surface area contributed by atoms with Crippen molar-refractivity contribution in [3.8, 4) is 0 Å². The first-order valence-corrected chi connectivity index (χ1v) is 15.0. The SMILES string of the molecule is NC(N)=NCCCC(N)C(=O)OC(=O)CCCCCC[C@@H]1[C@@H](CC[C@@H](O)CSc2ccccc2F)[C@H](O)C[C@@H]1O. The fraction of sp³-hybridized carbons (Fsp3) is 0.679. The summed E-state index contributed by atoms with van der Waals surface area (Å²) in [6.07, 6.45) is 4.16. The largest absolute Gasteiger partial charge is 0.393 e. The third-order valence-corrected chi connectivity index (χ3v) is 8.47. The van der Waals surface area contributed by atoms with Gasteiger partial charge < -0.3 is 37.3 Å². The van der Waals surface area contributed by atoms with Gasteiger partial charge in [-0.05, 0) is 68.9 Å². The predicted octanol–water partition coefficient (Wildman–Crippen LogP) is 2.21. The Hall–Kier alpha value is -2.25. The Labute approximate surface area is 239 Å². The van der Waals surface area contributed by atoms with Gasteiger partial charge in [0.05, 0.1) is 18.3 Å². The van der Waals surface area contributed by atoms with E-state index in [2.05, 4.69) is 4.99 Å². The molecular formula is C28H45FN4O6S. The molecule has 0 bridgehead atoms. The fourth-order valence-electron chi connectivity index (χ4n) is 5.08. The number of halogens is 1. The summed E-state index contributed by atoms with van der Waals surface area (Å²) in [5.74, 6) is -1.51. The van der Waals surface area contributed by atoms with Gasteiger partial charge in [0.2, 0.25) is 0 Å². The number of ether oxygens (including phenoxy) is 1. The van der Waals surface area contributed by atoms with Crippen LogP contribution in [-0.2, 0) is 14.3 Å². The van der Waals surface area contributed by atoms with Crippen molar-refractivity contribution in [1.29, 1.82) is 0 Å². The Bertz CT molecular complexity index is 951. The van der Waals surface area contributed by atoms with E-state index in [1.807, 2.05) is 0 Å². The lowest BCUT2D eigenvalue weighted by atomic mass is 9.85. The normalized spacial score (nSPS) is 22.0. The number of unbranched alkanes of at least 4 members (excludes halogenated alkanes) is 3. The molecule has 9 N–H and O–H groups in total. The van der Waals surface area contributed by atoms with E-state index in [0.717, 1.165) is 25.7 Å². The van der Waals surface area contributed by atoms with Crippen LogP contribution in [0.1, 0.15) is 70.6 Å². The lowest BCUT2D eigenvalue weighted by Crippen LogP contribution is -2.34. The van der Waals surface area contributed by atoms with Crippen LogP contribution >= 0.6 is 11.8 Å². The molecule has 0 saturated heterocycles. The average Bonchev–Trinajstić information content (AvgIpc) is 3.17. The highest BCUT2D eigenvalue weighted by Gasteiger charge is 2.40. The maximum absolute atomic E-state index is 13.8. The van der Waals surface area contributed by atoms with Gasteiger partial charge in [0.25, 0.3) is 0 Å². The van der Waals surface area contributed by atoms with Gasteiger partial charge in [-0.1, -0.05) is 31.4 Å². The number of hydrogen-bond acceptors (Lipinski definition) is 9. The summed E-state index contributed by atoms with van der Waals surface area (Å²) in [4.78, 5) is 28.2. The first kappa shape index (κ1) is 34.0. The Morgan fingerprint density at radius 1 is 1.02 bits per heavy atom. The molecule has 6 atom stereocenters. The highest BCUT2D eigenvalue weighted by atomic mass is 32.2. The van der Waals surface area contributed by atoms with Crippen molar-refractivity contribution < 1.29 is 34.0 Å². The molecule has 1 aromatic carbocycles. The minimum absolute atomic E-state index is 0.0351. The van der Waals surface area contributed by atoms with E-state index in [9.17, 15) is 29.3 Å². The molecule has 1 aliphatic rings. The van der Waals surface area contributed by atoms with Crippen LogP contribution in [0, 0.1) is 17.7 Å². The first-order valence-electron chi connectivity index (χ1n) is 14.1. The number of aliphatic hydroxyl groups is 3. The number of nitrogens with two attached hydrogens (primary N) is 3. The zero-order valence-electron chi connectivity index (χ0n) is 23.0.